The molecule has 0 aliphatic carbocycles. The second kappa shape index (κ2) is 5.64. The molecule has 7 heteroatoms. The molecule has 0 atom stereocenters. The number of anilines is 1. The summed E-state index contributed by atoms with van der Waals surface area (Å²) in [5, 5.41) is 17.6. The molecule has 0 bridgehead atoms. The summed E-state index contributed by atoms with van der Waals surface area (Å²) in [6.45, 7) is 5.32. The molecule has 0 amide bonds. The number of benzene rings is 1. The number of aromatic nitrogens is 3. The second-order valence-electron chi connectivity index (χ2n) is 3.64. The van der Waals surface area contributed by atoms with Crippen molar-refractivity contribution in [2.24, 2.45) is 4.99 Å². The Morgan fingerprint density at radius 1 is 1.53 bits per heavy atom. The van der Waals surface area contributed by atoms with Gasteiger partial charge in [0.1, 0.15) is 5.69 Å². The molecule has 98 valence electrons. The van der Waals surface area contributed by atoms with Crippen molar-refractivity contribution in [1.29, 1.82) is 0 Å². The van der Waals surface area contributed by atoms with Gasteiger partial charge in [0.05, 0.1) is 11.4 Å². The molecule has 2 aromatic rings. The van der Waals surface area contributed by atoms with E-state index in [1.807, 2.05) is 13.0 Å². The van der Waals surface area contributed by atoms with Gasteiger partial charge in [0.25, 0.3) is 0 Å². The number of hydrogen-bond acceptors (Lipinski definition) is 5. The number of halogens is 1. The fourth-order valence-corrected chi connectivity index (χ4v) is 1.82. The van der Waals surface area contributed by atoms with Crippen LogP contribution in [0.25, 0.3) is 11.8 Å². The number of aliphatic imine (C=N–C) groups is 1. The molecule has 2 rings (SSSR count). The van der Waals surface area contributed by atoms with Crippen molar-refractivity contribution in [3.8, 4) is 5.69 Å². The monoisotopic (exact) mass is 277 g/mol. The first kappa shape index (κ1) is 13.3. The summed E-state index contributed by atoms with van der Waals surface area (Å²) in [5.41, 5.74) is 3.76. The van der Waals surface area contributed by atoms with E-state index in [1.165, 1.54) is 4.68 Å². The molecule has 0 fully saturated rings. The Hall–Kier alpha value is -2.18. The van der Waals surface area contributed by atoms with E-state index in [9.17, 15) is 0 Å². The molecule has 2 N–H and O–H groups in total. The lowest BCUT2D eigenvalue weighted by molar-refractivity contribution is 0.388. The minimum Gasteiger partial charge on any atom is -0.291 e. The Bertz CT molecular complexity index is 635. The molecule has 0 spiro atoms. The molecule has 0 saturated heterocycles. The van der Waals surface area contributed by atoms with Crippen molar-refractivity contribution in [3.05, 3.63) is 35.0 Å². The molecule has 0 radical (unpaired) electrons. The number of hydrogen-bond donors (Lipinski definition) is 2. The maximum absolute atomic E-state index is 9.15. The number of nitrogens with one attached hydrogen (secondary N) is 1. The molecule has 0 unspecified atom stereocenters. The molecule has 1 heterocycles. The van der Waals surface area contributed by atoms with Crippen LogP contribution < -0.4 is 5.48 Å². The number of nitrogens with zero attached hydrogens (tertiary/aromatic N) is 4. The van der Waals surface area contributed by atoms with Crippen LogP contribution in [0.15, 0.2) is 29.3 Å². The van der Waals surface area contributed by atoms with E-state index in [1.54, 1.807) is 24.3 Å². The fraction of sp³-hybridized carbons (Fsp3) is 0.0833. The van der Waals surface area contributed by atoms with Crippen molar-refractivity contribution < 1.29 is 5.21 Å². The summed E-state index contributed by atoms with van der Waals surface area (Å²) >= 11 is 5.97. The van der Waals surface area contributed by atoms with Crippen LogP contribution in [0.1, 0.15) is 12.6 Å². The Balaban J connectivity index is 2.67. The van der Waals surface area contributed by atoms with E-state index in [2.05, 4.69) is 27.5 Å². The van der Waals surface area contributed by atoms with Crippen LogP contribution in [-0.4, -0.2) is 26.9 Å². The zero-order valence-electron chi connectivity index (χ0n) is 10.2. The van der Waals surface area contributed by atoms with Gasteiger partial charge in [-0.2, -0.15) is 0 Å². The SMILES string of the molecule is C=Nc1nnn(-c2cc(Cl)ccc2NO)c1/C=C\C. The molecule has 1 aromatic heterocycles. The van der Waals surface area contributed by atoms with Crippen LogP contribution in [0.4, 0.5) is 11.5 Å². The first-order valence-electron chi connectivity index (χ1n) is 5.46. The Labute approximate surface area is 115 Å². The van der Waals surface area contributed by atoms with Gasteiger partial charge in [0.2, 0.25) is 5.82 Å². The summed E-state index contributed by atoms with van der Waals surface area (Å²) in [7, 11) is 0. The second-order valence-corrected chi connectivity index (χ2v) is 4.08. The summed E-state index contributed by atoms with van der Waals surface area (Å²) in [4.78, 5) is 3.80. The van der Waals surface area contributed by atoms with E-state index in [0.717, 1.165) is 0 Å². The highest BCUT2D eigenvalue weighted by atomic mass is 35.5. The van der Waals surface area contributed by atoms with Gasteiger partial charge in [-0.1, -0.05) is 22.9 Å². The van der Waals surface area contributed by atoms with E-state index in [4.69, 9.17) is 16.8 Å². The minimum absolute atomic E-state index is 0.405. The molecular formula is C12H12ClN5O. The maximum atomic E-state index is 9.15. The summed E-state index contributed by atoms with van der Waals surface area (Å²) in [5.74, 6) is 0.405. The minimum atomic E-state index is 0.405. The van der Waals surface area contributed by atoms with Crippen molar-refractivity contribution in [1.82, 2.24) is 15.0 Å². The van der Waals surface area contributed by atoms with Crippen molar-refractivity contribution in [2.75, 3.05) is 5.48 Å². The van der Waals surface area contributed by atoms with Gasteiger partial charge >= 0.3 is 0 Å². The lowest BCUT2D eigenvalue weighted by Crippen LogP contribution is -2.04. The van der Waals surface area contributed by atoms with E-state index >= 15 is 0 Å². The highest BCUT2D eigenvalue weighted by molar-refractivity contribution is 6.30. The fourth-order valence-electron chi connectivity index (χ4n) is 1.65. The van der Waals surface area contributed by atoms with Gasteiger partial charge in [-0.15, -0.1) is 5.10 Å². The highest BCUT2D eigenvalue weighted by Gasteiger charge is 2.14. The number of allylic oxidation sites excluding steroid dienone is 1. The highest BCUT2D eigenvalue weighted by Crippen LogP contribution is 2.27. The third-order valence-corrected chi connectivity index (χ3v) is 2.70. The standard InChI is InChI=1S/C12H12ClN5O/c1-3-4-10-12(14-2)15-17-18(10)11-7-8(13)5-6-9(11)16-19/h3-7,16,19H,2H2,1H3/b4-3-. The summed E-state index contributed by atoms with van der Waals surface area (Å²) in [6.07, 6.45) is 3.63. The van der Waals surface area contributed by atoms with Gasteiger partial charge in [-0.05, 0) is 37.9 Å². The maximum Gasteiger partial charge on any atom is 0.201 e. The Morgan fingerprint density at radius 2 is 2.32 bits per heavy atom. The predicted octanol–water partition coefficient (Wildman–Crippen LogP) is 3.09. The molecule has 6 nitrogen and oxygen atoms in total. The topological polar surface area (TPSA) is 75.3 Å². The molecule has 0 aliphatic heterocycles. The van der Waals surface area contributed by atoms with Gasteiger partial charge in [-0.25, -0.2) is 9.67 Å². The van der Waals surface area contributed by atoms with Crippen molar-refractivity contribution >= 4 is 35.9 Å². The van der Waals surface area contributed by atoms with E-state index < -0.39 is 0 Å². The van der Waals surface area contributed by atoms with Crippen LogP contribution in [-0.2, 0) is 0 Å². The van der Waals surface area contributed by atoms with Gasteiger partial charge in [0.15, 0.2) is 0 Å². The largest absolute Gasteiger partial charge is 0.291 e. The first-order chi connectivity index (χ1) is 9.21. The van der Waals surface area contributed by atoms with Gasteiger partial charge in [0, 0.05) is 5.02 Å². The van der Waals surface area contributed by atoms with E-state index in [0.29, 0.717) is 27.9 Å². The molecule has 1 aromatic carbocycles. The van der Waals surface area contributed by atoms with Gasteiger partial charge < -0.3 is 0 Å². The zero-order valence-corrected chi connectivity index (χ0v) is 11.0. The molecule has 19 heavy (non-hydrogen) atoms. The molecule has 0 saturated carbocycles. The normalized spacial score (nSPS) is 10.9. The predicted molar refractivity (Wildman–Crippen MR) is 75.7 cm³/mol. The van der Waals surface area contributed by atoms with Gasteiger partial charge in [-0.3, -0.25) is 10.7 Å². The van der Waals surface area contributed by atoms with Crippen LogP contribution in [0.5, 0.6) is 0 Å². The van der Waals surface area contributed by atoms with Crippen LogP contribution >= 0.6 is 11.6 Å². The quantitative estimate of drug-likeness (QED) is 0.665. The van der Waals surface area contributed by atoms with Crippen molar-refractivity contribution in [3.63, 3.8) is 0 Å². The van der Waals surface area contributed by atoms with E-state index in [-0.39, 0.29) is 0 Å². The molecule has 0 aliphatic rings. The third-order valence-electron chi connectivity index (χ3n) is 2.47. The van der Waals surface area contributed by atoms with Crippen LogP contribution in [0, 0.1) is 0 Å². The van der Waals surface area contributed by atoms with Crippen LogP contribution in [0.2, 0.25) is 5.02 Å². The third kappa shape index (κ3) is 2.49. The molecular weight excluding hydrogens is 266 g/mol. The average Bonchev–Trinajstić information content (AvgIpc) is 2.82. The smallest absolute Gasteiger partial charge is 0.201 e. The lowest BCUT2D eigenvalue weighted by atomic mass is 10.2. The first-order valence-corrected chi connectivity index (χ1v) is 5.84. The number of rotatable bonds is 4. The average molecular weight is 278 g/mol. The van der Waals surface area contributed by atoms with Crippen molar-refractivity contribution in [2.45, 2.75) is 6.92 Å². The van der Waals surface area contributed by atoms with Crippen LogP contribution in [0.3, 0.4) is 0 Å². The lowest BCUT2D eigenvalue weighted by Gasteiger charge is -2.09. The Morgan fingerprint density at radius 3 is 2.95 bits per heavy atom. The summed E-state index contributed by atoms with van der Waals surface area (Å²) in [6, 6.07) is 4.96. The summed E-state index contributed by atoms with van der Waals surface area (Å²) < 4.78 is 1.52. The Kier molecular flexibility index (Phi) is 3.94. The zero-order chi connectivity index (χ0) is 13.8.